The summed E-state index contributed by atoms with van der Waals surface area (Å²) in [7, 11) is 2.08. The second kappa shape index (κ2) is 7.84. The number of aromatic nitrogens is 4. The summed E-state index contributed by atoms with van der Waals surface area (Å²) in [5.41, 5.74) is 8.05. The number of amides is 1. The Kier molecular flexibility index (Phi) is 5.27. The molecule has 9 heteroatoms. The molecule has 3 aromatic rings. The number of rotatable bonds is 6. The Bertz CT molecular complexity index is 1060. The van der Waals surface area contributed by atoms with Crippen molar-refractivity contribution in [2.45, 2.75) is 18.9 Å². The summed E-state index contributed by atoms with van der Waals surface area (Å²) in [5.74, 6) is 0.235. The van der Waals surface area contributed by atoms with Crippen LogP contribution >= 0.6 is 22.6 Å². The highest BCUT2D eigenvalue weighted by Crippen LogP contribution is 2.26. The number of nitrogens with zero attached hydrogens (tertiary/aromatic N) is 5. The third-order valence-electron chi connectivity index (χ3n) is 4.64. The van der Waals surface area contributed by atoms with E-state index in [9.17, 15) is 4.79 Å². The highest BCUT2D eigenvalue weighted by Gasteiger charge is 2.24. The molecule has 0 saturated heterocycles. The topological polar surface area (TPSA) is 102 Å². The zero-order chi connectivity index (χ0) is 19.7. The maximum atomic E-state index is 12.2. The van der Waals surface area contributed by atoms with Crippen LogP contribution in [-0.4, -0.2) is 50.2 Å². The average molecular weight is 489 g/mol. The van der Waals surface area contributed by atoms with Gasteiger partial charge in [0, 0.05) is 24.4 Å². The van der Waals surface area contributed by atoms with E-state index in [1.54, 1.807) is 10.8 Å². The zero-order valence-corrected chi connectivity index (χ0v) is 17.5. The van der Waals surface area contributed by atoms with Crippen LogP contribution in [0.15, 0.2) is 42.7 Å². The summed E-state index contributed by atoms with van der Waals surface area (Å²) in [6.07, 6.45) is 7.38. The molecule has 1 fully saturated rings. The number of nitrogen functional groups attached to an aromatic ring is 1. The van der Waals surface area contributed by atoms with Gasteiger partial charge in [-0.15, -0.1) is 0 Å². The van der Waals surface area contributed by atoms with Gasteiger partial charge in [0.2, 0.25) is 5.91 Å². The Morgan fingerprint density at radius 1 is 1.43 bits per heavy atom. The molecule has 1 aliphatic rings. The molecular weight excluding hydrogens is 469 g/mol. The Balaban J connectivity index is 1.51. The summed E-state index contributed by atoms with van der Waals surface area (Å²) in [6.45, 7) is 0.775. The van der Waals surface area contributed by atoms with E-state index in [0.29, 0.717) is 23.2 Å². The van der Waals surface area contributed by atoms with E-state index < -0.39 is 0 Å². The minimum absolute atomic E-state index is 0.159. The van der Waals surface area contributed by atoms with Crippen molar-refractivity contribution in [2.75, 3.05) is 24.6 Å². The SMILES string of the molecule is CN(C/C=C/C(=O)Nc1cccc(-n2nc(I)c3c(N)ncnc32)c1)C1CC1. The fraction of sp³-hybridized carbons (Fsp3) is 0.263. The van der Waals surface area contributed by atoms with Crippen molar-refractivity contribution in [1.29, 1.82) is 0 Å². The van der Waals surface area contributed by atoms with Gasteiger partial charge < -0.3 is 11.1 Å². The van der Waals surface area contributed by atoms with Crippen molar-refractivity contribution in [3.05, 3.63) is 46.4 Å². The molecule has 8 nitrogen and oxygen atoms in total. The van der Waals surface area contributed by atoms with Crippen molar-refractivity contribution >= 4 is 51.0 Å². The van der Waals surface area contributed by atoms with E-state index in [-0.39, 0.29) is 5.91 Å². The number of anilines is 2. The number of carbonyl (C=O) groups is 1. The van der Waals surface area contributed by atoms with Gasteiger partial charge in [0.05, 0.1) is 11.1 Å². The average Bonchev–Trinajstić information content (AvgIpc) is 3.46. The predicted octanol–water partition coefficient (Wildman–Crippen LogP) is 2.59. The van der Waals surface area contributed by atoms with Gasteiger partial charge in [0.1, 0.15) is 15.8 Å². The number of hydrogen-bond donors (Lipinski definition) is 2. The third kappa shape index (κ3) is 3.99. The van der Waals surface area contributed by atoms with Crippen molar-refractivity contribution in [2.24, 2.45) is 0 Å². The number of nitrogens with one attached hydrogen (secondary N) is 1. The van der Waals surface area contributed by atoms with Crippen molar-refractivity contribution in [3.8, 4) is 5.69 Å². The minimum Gasteiger partial charge on any atom is -0.383 e. The molecule has 1 aliphatic carbocycles. The monoisotopic (exact) mass is 489 g/mol. The highest BCUT2D eigenvalue weighted by molar-refractivity contribution is 14.1. The molecule has 0 radical (unpaired) electrons. The lowest BCUT2D eigenvalue weighted by Crippen LogP contribution is -2.20. The van der Waals surface area contributed by atoms with Crippen LogP contribution < -0.4 is 11.1 Å². The fourth-order valence-corrected chi connectivity index (χ4v) is 3.74. The van der Waals surface area contributed by atoms with Gasteiger partial charge in [0.15, 0.2) is 5.65 Å². The number of carbonyl (C=O) groups excluding carboxylic acids is 1. The van der Waals surface area contributed by atoms with Crippen LogP contribution in [0.3, 0.4) is 0 Å². The molecule has 0 unspecified atom stereocenters. The molecule has 2 heterocycles. The third-order valence-corrected chi connectivity index (χ3v) is 5.40. The molecule has 0 bridgehead atoms. The Hall–Kier alpha value is -2.53. The van der Waals surface area contributed by atoms with Crippen molar-refractivity contribution in [1.82, 2.24) is 24.6 Å². The van der Waals surface area contributed by atoms with Crippen molar-refractivity contribution < 1.29 is 4.79 Å². The van der Waals surface area contributed by atoms with Gasteiger partial charge >= 0.3 is 0 Å². The normalized spacial score (nSPS) is 14.2. The lowest BCUT2D eigenvalue weighted by molar-refractivity contribution is -0.111. The number of halogens is 1. The quantitative estimate of drug-likeness (QED) is 0.408. The molecule has 2 aromatic heterocycles. The largest absolute Gasteiger partial charge is 0.383 e. The first-order valence-corrected chi connectivity index (χ1v) is 10.0. The van der Waals surface area contributed by atoms with Crippen LogP contribution in [0.2, 0.25) is 0 Å². The Morgan fingerprint density at radius 3 is 3.04 bits per heavy atom. The molecule has 1 amide bonds. The highest BCUT2D eigenvalue weighted by atomic mass is 127. The lowest BCUT2D eigenvalue weighted by Gasteiger charge is -2.11. The molecule has 0 aliphatic heterocycles. The van der Waals surface area contributed by atoms with Crippen LogP contribution in [0.25, 0.3) is 16.7 Å². The first-order chi connectivity index (χ1) is 13.5. The summed E-state index contributed by atoms with van der Waals surface area (Å²) in [6, 6.07) is 8.13. The van der Waals surface area contributed by atoms with E-state index in [4.69, 9.17) is 5.73 Å². The lowest BCUT2D eigenvalue weighted by atomic mass is 10.2. The first kappa shape index (κ1) is 18.8. The fourth-order valence-electron chi connectivity index (χ4n) is 3.00. The van der Waals surface area contributed by atoms with Gasteiger partial charge in [0.25, 0.3) is 0 Å². The van der Waals surface area contributed by atoms with Gasteiger partial charge in [-0.05, 0) is 60.7 Å². The zero-order valence-electron chi connectivity index (χ0n) is 15.3. The first-order valence-electron chi connectivity index (χ1n) is 8.96. The Labute approximate surface area is 176 Å². The van der Waals surface area contributed by atoms with E-state index in [1.165, 1.54) is 19.2 Å². The minimum atomic E-state index is -0.159. The van der Waals surface area contributed by atoms with Crippen molar-refractivity contribution in [3.63, 3.8) is 0 Å². The number of hydrogen-bond acceptors (Lipinski definition) is 6. The number of fused-ring (bicyclic) bond motifs is 1. The smallest absolute Gasteiger partial charge is 0.248 e. The summed E-state index contributed by atoms with van der Waals surface area (Å²) in [5, 5.41) is 8.14. The number of nitrogens with two attached hydrogens (primary N) is 1. The van der Waals surface area contributed by atoms with Gasteiger partial charge in [-0.25, -0.2) is 14.6 Å². The molecular formula is C19H20IN7O. The molecule has 4 rings (SSSR count). The molecule has 28 heavy (non-hydrogen) atoms. The second-order valence-electron chi connectivity index (χ2n) is 6.77. The van der Waals surface area contributed by atoms with Crippen LogP contribution in [0.5, 0.6) is 0 Å². The van der Waals surface area contributed by atoms with E-state index in [1.807, 2.05) is 30.3 Å². The molecule has 144 valence electrons. The molecule has 1 saturated carbocycles. The summed E-state index contributed by atoms with van der Waals surface area (Å²) >= 11 is 2.11. The van der Waals surface area contributed by atoms with Gasteiger partial charge in [-0.2, -0.15) is 5.10 Å². The Morgan fingerprint density at radius 2 is 2.25 bits per heavy atom. The molecule has 3 N–H and O–H groups in total. The maximum Gasteiger partial charge on any atom is 0.248 e. The van der Waals surface area contributed by atoms with Crippen LogP contribution in [0, 0.1) is 3.70 Å². The molecule has 0 atom stereocenters. The van der Waals surface area contributed by atoms with E-state index in [0.717, 1.165) is 21.3 Å². The second-order valence-corrected chi connectivity index (χ2v) is 7.79. The molecule has 1 aromatic carbocycles. The predicted molar refractivity (Wildman–Crippen MR) is 117 cm³/mol. The van der Waals surface area contributed by atoms with E-state index >= 15 is 0 Å². The van der Waals surface area contributed by atoms with Gasteiger partial charge in [-0.3, -0.25) is 9.69 Å². The number of benzene rings is 1. The van der Waals surface area contributed by atoms with Gasteiger partial charge in [-0.1, -0.05) is 12.1 Å². The van der Waals surface area contributed by atoms with E-state index in [2.05, 4.69) is 54.9 Å². The molecule has 0 spiro atoms. The van der Waals surface area contributed by atoms with Crippen LogP contribution in [0.4, 0.5) is 11.5 Å². The van der Waals surface area contributed by atoms with Crippen LogP contribution in [0.1, 0.15) is 12.8 Å². The summed E-state index contributed by atoms with van der Waals surface area (Å²) < 4.78 is 2.42. The standard InChI is InChI=1S/C19H20IN7O/c1-26(13-7-8-13)9-3-6-15(28)24-12-4-2-5-14(10-12)27-19-16(17(20)25-27)18(21)22-11-23-19/h2-6,10-11,13H,7-9H2,1H3,(H,24,28)(H2,21,22,23)/b6-3+. The summed E-state index contributed by atoms with van der Waals surface area (Å²) in [4.78, 5) is 22.8. The number of likely N-dealkylation sites (N-methyl/N-ethyl adjacent to an activating group) is 1. The van der Waals surface area contributed by atoms with Crippen LogP contribution in [-0.2, 0) is 4.79 Å². The maximum absolute atomic E-state index is 12.2.